The molecular weight excluding hydrogens is 246 g/mol. The molecule has 6 heteroatoms. The normalized spacial score (nSPS) is 11.8. The van der Waals surface area contributed by atoms with Crippen LogP contribution in [0.4, 0.5) is 0 Å². The van der Waals surface area contributed by atoms with Gasteiger partial charge in [0, 0.05) is 0 Å². The Hall–Kier alpha value is -2.68. The lowest BCUT2D eigenvalue weighted by atomic mass is 10.2. The molecule has 0 spiro atoms. The van der Waals surface area contributed by atoms with Crippen molar-refractivity contribution in [1.82, 2.24) is 9.55 Å². The van der Waals surface area contributed by atoms with E-state index in [1.54, 1.807) is 30.3 Å². The molecule has 0 N–H and O–H groups in total. The molecule has 96 valence electrons. The highest BCUT2D eigenvalue weighted by Crippen LogP contribution is 2.04. The van der Waals surface area contributed by atoms with Crippen LogP contribution in [-0.4, -0.2) is 21.6 Å². The van der Waals surface area contributed by atoms with Crippen LogP contribution in [-0.2, 0) is 16.1 Å². The topological polar surface area (TPSA) is 85.0 Å². The summed E-state index contributed by atoms with van der Waals surface area (Å²) in [6.07, 6.45) is 0.458. The van der Waals surface area contributed by atoms with Crippen molar-refractivity contribution in [3.63, 3.8) is 0 Å². The molecule has 0 saturated heterocycles. The van der Waals surface area contributed by atoms with Gasteiger partial charge in [0.2, 0.25) is 0 Å². The number of aromatic nitrogens is 2. The Labute approximate surface area is 108 Å². The molecule has 0 aliphatic rings. The Kier molecular flexibility index (Phi) is 3.57. The van der Waals surface area contributed by atoms with Gasteiger partial charge in [-0.25, -0.2) is 4.98 Å². The summed E-state index contributed by atoms with van der Waals surface area (Å²) in [4.78, 5) is 27.7. The predicted molar refractivity (Wildman–Crippen MR) is 67.2 cm³/mol. The summed E-state index contributed by atoms with van der Waals surface area (Å²) in [5.74, 6) is -0.645. The number of carbonyl (C=O) groups is 1. The Morgan fingerprint density at radius 2 is 2.26 bits per heavy atom. The van der Waals surface area contributed by atoms with Gasteiger partial charge in [-0.15, -0.1) is 0 Å². The van der Waals surface area contributed by atoms with E-state index in [1.807, 2.05) is 0 Å². The zero-order valence-corrected chi connectivity index (χ0v) is 10.2. The number of para-hydroxylation sites is 1. The van der Waals surface area contributed by atoms with E-state index in [1.165, 1.54) is 13.3 Å². The number of esters is 1. The van der Waals surface area contributed by atoms with Crippen molar-refractivity contribution in [2.24, 2.45) is 0 Å². The van der Waals surface area contributed by atoms with E-state index in [0.717, 1.165) is 4.57 Å². The minimum absolute atomic E-state index is 0.261. The van der Waals surface area contributed by atoms with Crippen molar-refractivity contribution >= 4 is 16.9 Å². The molecule has 0 amide bonds. The van der Waals surface area contributed by atoms with Gasteiger partial charge in [0.05, 0.1) is 17.2 Å². The first-order valence-corrected chi connectivity index (χ1v) is 5.65. The fraction of sp³-hybridized carbons (Fsp3) is 0.231. The molecule has 19 heavy (non-hydrogen) atoms. The van der Waals surface area contributed by atoms with E-state index >= 15 is 0 Å². The van der Waals surface area contributed by atoms with Crippen molar-refractivity contribution in [2.45, 2.75) is 19.6 Å². The SMILES string of the molecule is C[C@H](C#N)OC(=O)Cn1cnc2ccccc2c1=O. The minimum atomic E-state index is -0.836. The number of hydrogen-bond acceptors (Lipinski definition) is 5. The van der Waals surface area contributed by atoms with Crippen molar-refractivity contribution < 1.29 is 9.53 Å². The molecule has 0 unspecified atom stereocenters. The molecule has 1 atom stereocenters. The smallest absolute Gasteiger partial charge is 0.327 e. The first-order valence-electron chi connectivity index (χ1n) is 5.65. The zero-order valence-electron chi connectivity index (χ0n) is 10.2. The van der Waals surface area contributed by atoms with Gasteiger partial charge < -0.3 is 4.74 Å². The maximum Gasteiger partial charge on any atom is 0.327 e. The van der Waals surface area contributed by atoms with E-state index in [9.17, 15) is 9.59 Å². The largest absolute Gasteiger partial charge is 0.446 e. The molecule has 0 bridgehead atoms. The summed E-state index contributed by atoms with van der Waals surface area (Å²) in [6.45, 7) is 1.20. The number of benzene rings is 1. The van der Waals surface area contributed by atoms with Gasteiger partial charge in [-0.3, -0.25) is 14.2 Å². The van der Waals surface area contributed by atoms with Crippen LogP contribution in [0.25, 0.3) is 10.9 Å². The van der Waals surface area contributed by atoms with Crippen LogP contribution in [0.1, 0.15) is 6.92 Å². The summed E-state index contributed by atoms with van der Waals surface area (Å²) in [6, 6.07) is 8.65. The number of carbonyl (C=O) groups excluding carboxylic acids is 1. The van der Waals surface area contributed by atoms with Gasteiger partial charge in [-0.1, -0.05) is 12.1 Å². The monoisotopic (exact) mass is 257 g/mol. The summed E-state index contributed by atoms with van der Waals surface area (Å²) < 4.78 is 5.94. The van der Waals surface area contributed by atoms with E-state index in [-0.39, 0.29) is 12.1 Å². The molecule has 1 aromatic carbocycles. The van der Waals surface area contributed by atoms with E-state index < -0.39 is 12.1 Å². The molecule has 0 radical (unpaired) electrons. The van der Waals surface area contributed by atoms with Gasteiger partial charge in [-0.2, -0.15) is 5.26 Å². The number of nitrogens with zero attached hydrogens (tertiary/aromatic N) is 3. The molecule has 1 heterocycles. The summed E-state index contributed by atoms with van der Waals surface area (Å²) in [5, 5.41) is 8.97. The molecule has 2 rings (SSSR count). The molecule has 1 aromatic heterocycles. The Bertz CT molecular complexity index is 715. The second kappa shape index (κ2) is 5.31. The minimum Gasteiger partial charge on any atom is -0.446 e. The molecule has 0 saturated carbocycles. The third kappa shape index (κ3) is 2.77. The number of ether oxygens (including phenoxy) is 1. The highest BCUT2D eigenvalue weighted by Gasteiger charge is 2.11. The fourth-order valence-corrected chi connectivity index (χ4v) is 1.62. The highest BCUT2D eigenvalue weighted by molar-refractivity contribution is 5.77. The standard InChI is InChI=1S/C13H11N3O3/c1-9(6-14)19-12(17)7-16-8-15-11-5-3-2-4-10(11)13(16)18/h2-5,8-9H,7H2,1H3/t9-/m1/s1. The number of fused-ring (bicyclic) bond motifs is 1. The quantitative estimate of drug-likeness (QED) is 0.761. The van der Waals surface area contributed by atoms with Crippen molar-refractivity contribution in [2.75, 3.05) is 0 Å². The molecule has 2 aromatic rings. The number of nitriles is 1. The van der Waals surface area contributed by atoms with Crippen molar-refractivity contribution in [1.29, 1.82) is 5.26 Å². The number of rotatable bonds is 3. The molecular formula is C13H11N3O3. The number of hydrogen-bond donors (Lipinski definition) is 0. The predicted octanol–water partition coefficient (Wildman–Crippen LogP) is 0.852. The average molecular weight is 257 g/mol. The second-order valence-electron chi connectivity index (χ2n) is 3.96. The maximum atomic E-state index is 12.1. The average Bonchev–Trinajstić information content (AvgIpc) is 2.42. The summed E-state index contributed by atoms with van der Waals surface area (Å²) >= 11 is 0. The van der Waals surface area contributed by atoms with Crippen LogP contribution in [0.5, 0.6) is 0 Å². The van der Waals surface area contributed by atoms with Gasteiger partial charge in [0.15, 0.2) is 6.10 Å². The van der Waals surface area contributed by atoms with Crippen LogP contribution in [0, 0.1) is 11.3 Å². The fourth-order valence-electron chi connectivity index (χ4n) is 1.62. The van der Waals surface area contributed by atoms with Crippen LogP contribution in [0.3, 0.4) is 0 Å². The third-order valence-corrected chi connectivity index (χ3v) is 2.52. The third-order valence-electron chi connectivity index (χ3n) is 2.52. The van der Waals surface area contributed by atoms with E-state index in [0.29, 0.717) is 10.9 Å². The Balaban J connectivity index is 2.27. The Morgan fingerprint density at radius 3 is 3.00 bits per heavy atom. The molecule has 6 nitrogen and oxygen atoms in total. The Morgan fingerprint density at radius 1 is 1.53 bits per heavy atom. The lowest BCUT2D eigenvalue weighted by molar-refractivity contribution is -0.146. The van der Waals surface area contributed by atoms with Gasteiger partial charge >= 0.3 is 5.97 Å². The zero-order chi connectivity index (χ0) is 13.8. The van der Waals surface area contributed by atoms with E-state index in [2.05, 4.69) is 4.98 Å². The van der Waals surface area contributed by atoms with Gasteiger partial charge in [-0.05, 0) is 19.1 Å². The maximum absolute atomic E-state index is 12.1. The van der Waals surface area contributed by atoms with Crippen LogP contribution in [0.2, 0.25) is 0 Å². The van der Waals surface area contributed by atoms with Crippen LogP contribution >= 0.6 is 0 Å². The highest BCUT2D eigenvalue weighted by atomic mass is 16.5. The lowest BCUT2D eigenvalue weighted by Gasteiger charge is -2.08. The summed E-state index contributed by atoms with van der Waals surface area (Å²) in [7, 11) is 0. The second-order valence-corrected chi connectivity index (χ2v) is 3.96. The van der Waals surface area contributed by atoms with Crippen LogP contribution in [0.15, 0.2) is 35.4 Å². The molecule has 0 fully saturated rings. The first kappa shape index (κ1) is 12.8. The first-order chi connectivity index (χ1) is 9.11. The van der Waals surface area contributed by atoms with Crippen LogP contribution < -0.4 is 5.56 Å². The van der Waals surface area contributed by atoms with Crippen molar-refractivity contribution in [3.05, 3.63) is 40.9 Å². The van der Waals surface area contributed by atoms with Gasteiger partial charge in [0.25, 0.3) is 5.56 Å². The van der Waals surface area contributed by atoms with E-state index in [4.69, 9.17) is 10.00 Å². The van der Waals surface area contributed by atoms with Crippen molar-refractivity contribution in [3.8, 4) is 6.07 Å². The summed E-state index contributed by atoms with van der Waals surface area (Å²) in [5.41, 5.74) is 0.259. The molecule has 0 aliphatic carbocycles. The molecule has 0 aliphatic heterocycles. The lowest BCUT2D eigenvalue weighted by Crippen LogP contribution is -2.27. The van der Waals surface area contributed by atoms with Gasteiger partial charge in [0.1, 0.15) is 12.6 Å².